The van der Waals surface area contributed by atoms with Gasteiger partial charge in [-0.15, -0.1) is 0 Å². The standard InChI is InChI=1S/C28H33N3O6/c1-17-13-31(18(2)15-32)28(34)22-10-21(19-6-4-5-7-19)12-29-26(22)37-25(17)14-30(3)27(33)20-8-9-23-24(11-20)36-16-35-23/h6,8-12,17-18,25,32H,4-5,7,13-16H2,1-3H3/t17-,18+,25+/m0/s1. The normalized spacial score (nSPS) is 21.5. The fourth-order valence-electron chi connectivity index (χ4n) is 5.03. The number of rotatable bonds is 6. The van der Waals surface area contributed by atoms with E-state index in [2.05, 4.69) is 11.1 Å². The van der Waals surface area contributed by atoms with Gasteiger partial charge in [-0.2, -0.15) is 0 Å². The van der Waals surface area contributed by atoms with Gasteiger partial charge in [0.05, 0.1) is 19.2 Å². The number of ether oxygens (including phenoxy) is 3. The van der Waals surface area contributed by atoms with Crippen molar-refractivity contribution in [2.75, 3.05) is 33.5 Å². The van der Waals surface area contributed by atoms with E-state index >= 15 is 0 Å². The van der Waals surface area contributed by atoms with Gasteiger partial charge in [-0.3, -0.25) is 9.59 Å². The first-order valence-electron chi connectivity index (χ1n) is 12.8. The first-order chi connectivity index (χ1) is 17.9. The number of allylic oxidation sites excluding steroid dienone is 2. The molecule has 37 heavy (non-hydrogen) atoms. The highest BCUT2D eigenvalue weighted by Gasteiger charge is 2.35. The van der Waals surface area contributed by atoms with Crippen molar-refractivity contribution in [3.8, 4) is 17.4 Å². The average Bonchev–Trinajstić information content (AvgIpc) is 3.61. The molecule has 3 heterocycles. The van der Waals surface area contributed by atoms with Gasteiger partial charge >= 0.3 is 0 Å². The molecule has 1 aromatic heterocycles. The molecule has 2 aliphatic heterocycles. The highest BCUT2D eigenvalue weighted by molar-refractivity contribution is 5.98. The number of nitrogens with zero attached hydrogens (tertiary/aromatic N) is 3. The lowest BCUT2D eigenvalue weighted by Crippen LogP contribution is -2.50. The second-order valence-electron chi connectivity index (χ2n) is 10.1. The third-order valence-corrected chi connectivity index (χ3v) is 7.35. The average molecular weight is 508 g/mol. The lowest BCUT2D eigenvalue weighted by atomic mass is 9.99. The molecule has 0 spiro atoms. The summed E-state index contributed by atoms with van der Waals surface area (Å²) < 4.78 is 17.1. The van der Waals surface area contributed by atoms with Gasteiger partial charge in [-0.05, 0) is 61.6 Å². The van der Waals surface area contributed by atoms with Crippen molar-refractivity contribution in [3.05, 3.63) is 53.2 Å². The monoisotopic (exact) mass is 507 g/mol. The van der Waals surface area contributed by atoms with Crippen LogP contribution in [0, 0.1) is 5.92 Å². The maximum Gasteiger partial charge on any atom is 0.259 e. The molecule has 0 radical (unpaired) electrons. The van der Waals surface area contributed by atoms with Crippen molar-refractivity contribution in [3.63, 3.8) is 0 Å². The first kappa shape index (κ1) is 25.1. The number of aliphatic hydroxyl groups excluding tert-OH is 1. The molecule has 0 unspecified atom stereocenters. The number of amides is 2. The number of hydrogen-bond donors (Lipinski definition) is 1. The second kappa shape index (κ2) is 10.4. The van der Waals surface area contributed by atoms with Crippen LogP contribution >= 0.6 is 0 Å². The maximum absolute atomic E-state index is 13.6. The number of carbonyl (C=O) groups excluding carboxylic acids is 2. The zero-order valence-corrected chi connectivity index (χ0v) is 21.5. The molecule has 9 heteroatoms. The van der Waals surface area contributed by atoms with Gasteiger partial charge in [0.25, 0.3) is 11.8 Å². The lowest BCUT2D eigenvalue weighted by Gasteiger charge is -2.37. The Morgan fingerprint density at radius 2 is 2.08 bits per heavy atom. The molecule has 2 aromatic rings. The molecule has 1 N–H and O–H groups in total. The molecule has 3 atom stereocenters. The van der Waals surface area contributed by atoms with E-state index in [4.69, 9.17) is 14.2 Å². The number of aromatic nitrogens is 1. The predicted octanol–water partition coefficient (Wildman–Crippen LogP) is 3.37. The number of benzene rings is 1. The minimum absolute atomic E-state index is 0.128. The van der Waals surface area contributed by atoms with E-state index in [1.54, 1.807) is 41.2 Å². The molecule has 0 fully saturated rings. The summed E-state index contributed by atoms with van der Waals surface area (Å²) in [6.07, 6.45) is 6.59. The number of hydrogen-bond acceptors (Lipinski definition) is 7. The summed E-state index contributed by atoms with van der Waals surface area (Å²) in [5.74, 6) is 0.909. The van der Waals surface area contributed by atoms with E-state index < -0.39 is 6.10 Å². The number of fused-ring (bicyclic) bond motifs is 2. The third kappa shape index (κ3) is 5.00. The van der Waals surface area contributed by atoms with Crippen molar-refractivity contribution in [2.45, 2.75) is 45.3 Å². The molecule has 1 aliphatic carbocycles. The Morgan fingerprint density at radius 1 is 1.27 bits per heavy atom. The fourth-order valence-corrected chi connectivity index (χ4v) is 5.03. The quantitative estimate of drug-likeness (QED) is 0.640. The number of carbonyl (C=O) groups is 2. The maximum atomic E-state index is 13.6. The van der Waals surface area contributed by atoms with Gasteiger partial charge in [0, 0.05) is 31.3 Å². The molecular weight excluding hydrogens is 474 g/mol. The van der Waals surface area contributed by atoms with E-state index in [-0.39, 0.29) is 49.6 Å². The van der Waals surface area contributed by atoms with Crippen molar-refractivity contribution in [2.24, 2.45) is 5.92 Å². The molecule has 0 bridgehead atoms. The van der Waals surface area contributed by atoms with E-state index in [1.165, 1.54) is 5.57 Å². The molecule has 2 amide bonds. The SMILES string of the molecule is C[C@H](CO)N1C[C@H](C)[C@@H](CN(C)C(=O)c2ccc3c(c2)OCO3)Oc2ncc(C3=CCCC3)cc2C1=O. The molecule has 9 nitrogen and oxygen atoms in total. The van der Waals surface area contributed by atoms with E-state index in [9.17, 15) is 14.7 Å². The van der Waals surface area contributed by atoms with Gasteiger partial charge in [-0.1, -0.05) is 13.0 Å². The van der Waals surface area contributed by atoms with Gasteiger partial charge in [-0.25, -0.2) is 4.98 Å². The number of likely N-dealkylation sites (N-methyl/N-ethyl adjacent to an activating group) is 1. The summed E-state index contributed by atoms with van der Waals surface area (Å²) in [6, 6.07) is 6.62. The van der Waals surface area contributed by atoms with E-state index in [1.807, 2.05) is 19.9 Å². The van der Waals surface area contributed by atoms with Crippen molar-refractivity contribution < 1.29 is 28.9 Å². The van der Waals surface area contributed by atoms with Crippen LogP contribution in [0.1, 0.15) is 59.4 Å². The van der Waals surface area contributed by atoms with E-state index in [0.29, 0.717) is 29.2 Å². The highest BCUT2D eigenvalue weighted by Crippen LogP contribution is 2.34. The fraction of sp³-hybridized carbons (Fsp3) is 0.464. The number of aliphatic hydroxyl groups is 1. The van der Waals surface area contributed by atoms with Gasteiger partial charge in [0.1, 0.15) is 11.7 Å². The zero-order valence-electron chi connectivity index (χ0n) is 21.5. The molecule has 0 saturated heterocycles. The third-order valence-electron chi connectivity index (χ3n) is 7.35. The van der Waals surface area contributed by atoms with Crippen LogP contribution in [0.5, 0.6) is 17.4 Å². The Labute approximate surface area is 216 Å². The minimum Gasteiger partial charge on any atom is -0.472 e. The van der Waals surface area contributed by atoms with Crippen LogP contribution in [0.4, 0.5) is 0 Å². The van der Waals surface area contributed by atoms with Gasteiger partial charge < -0.3 is 29.1 Å². The Morgan fingerprint density at radius 3 is 2.84 bits per heavy atom. The van der Waals surface area contributed by atoms with E-state index in [0.717, 1.165) is 24.8 Å². The lowest BCUT2D eigenvalue weighted by molar-refractivity contribution is 0.0313. The summed E-state index contributed by atoms with van der Waals surface area (Å²) in [6.45, 7) is 4.47. The second-order valence-corrected chi connectivity index (χ2v) is 10.1. The van der Waals surface area contributed by atoms with Crippen LogP contribution in [0.3, 0.4) is 0 Å². The molecule has 0 saturated carbocycles. The molecule has 3 aliphatic rings. The smallest absolute Gasteiger partial charge is 0.259 e. The Balaban J connectivity index is 1.42. The summed E-state index contributed by atoms with van der Waals surface area (Å²) >= 11 is 0. The summed E-state index contributed by atoms with van der Waals surface area (Å²) in [4.78, 5) is 34.7. The van der Waals surface area contributed by atoms with Crippen LogP contribution in [-0.2, 0) is 0 Å². The van der Waals surface area contributed by atoms with Crippen molar-refractivity contribution in [1.82, 2.24) is 14.8 Å². The molecule has 1 aromatic carbocycles. The van der Waals surface area contributed by atoms with Gasteiger partial charge in [0.15, 0.2) is 11.5 Å². The first-order valence-corrected chi connectivity index (χ1v) is 12.8. The van der Waals surface area contributed by atoms with Gasteiger partial charge in [0.2, 0.25) is 12.7 Å². The summed E-state index contributed by atoms with van der Waals surface area (Å²) in [7, 11) is 1.73. The highest BCUT2D eigenvalue weighted by atomic mass is 16.7. The topological polar surface area (TPSA) is 101 Å². The predicted molar refractivity (Wildman–Crippen MR) is 137 cm³/mol. The van der Waals surface area contributed by atoms with Crippen molar-refractivity contribution in [1.29, 1.82) is 0 Å². The number of pyridine rings is 1. The molecule has 5 rings (SSSR count). The largest absolute Gasteiger partial charge is 0.472 e. The molecular formula is C28H33N3O6. The van der Waals surface area contributed by atoms with Crippen molar-refractivity contribution >= 4 is 17.4 Å². The minimum atomic E-state index is -0.424. The Kier molecular flexibility index (Phi) is 7.06. The molecule has 196 valence electrons. The van der Waals surface area contributed by atoms with Crippen LogP contribution in [-0.4, -0.2) is 77.4 Å². The van der Waals surface area contributed by atoms with Crippen LogP contribution < -0.4 is 14.2 Å². The van der Waals surface area contributed by atoms with Crippen LogP contribution in [0.25, 0.3) is 5.57 Å². The Hall–Kier alpha value is -3.59. The van der Waals surface area contributed by atoms with Crippen LogP contribution in [0.2, 0.25) is 0 Å². The summed E-state index contributed by atoms with van der Waals surface area (Å²) in [5, 5.41) is 9.88. The Bertz CT molecular complexity index is 1230. The summed E-state index contributed by atoms with van der Waals surface area (Å²) in [5.41, 5.74) is 2.98. The van der Waals surface area contributed by atoms with Crippen LogP contribution in [0.15, 0.2) is 36.5 Å². The zero-order chi connectivity index (χ0) is 26.1.